The van der Waals surface area contributed by atoms with Crippen LogP contribution in [0.25, 0.3) is 0 Å². The van der Waals surface area contributed by atoms with Gasteiger partial charge in [0.25, 0.3) is 0 Å². The molecular weight excluding hydrogens is 458 g/mol. The average molecular weight is 512 g/mol. The predicted molar refractivity (Wildman–Crippen MR) is 148 cm³/mol. The molecular formula is C27H53N5O4. The average Bonchev–Trinajstić information content (AvgIpc) is 3.25. The Labute approximate surface area is 220 Å². The second-order valence-corrected chi connectivity index (χ2v) is 7.97. The summed E-state index contributed by atoms with van der Waals surface area (Å²) in [6.45, 7) is 25.8. The summed E-state index contributed by atoms with van der Waals surface area (Å²) in [7, 11) is 2.08. The van der Waals surface area contributed by atoms with Crippen molar-refractivity contribution < 1.29 is 18.8 Å². The number of nitrogens with zero attached hydrogens (tertiary/aromatic N) is 5. The first kappa shape index (κ1) is 38.0. The molecule has 36 heavy (non-hydrogen) atoms. The number of rotatable bonds is 1. The lowest BCUT2D eigenvalue weighted by Crippen LogP contribution is -2.46. The summed E-state index contributed by atoms with van der Waals surface area (Å²) in [5.74, 6) is 1.89. The number of carbonyl (C=O) groups excluding carboxylic acids is 3. The predicted octanol–water partition coefficient (Wildman–Crippen LogP) is 4.69. The smallest absolute Gasteiger partial charge is 0.219 e. The highest BCUT2D eigenvalue weighted by Gasteiger charge is 2.14. The van der Waals surface area contributed by atoms with Gasteiger partial charge in [0.1, 0.15) is 5.78 Å². The number of ketones is 1. The van der Waals surface area contributed by atoms with Gasteiger partial charge >= 0.3 is 0 Å². The first-order chi connectivity index (χ1) is 17.0. The van der Waals surface area contributed by atoms with Gasteiger partial charge in [-0.2, -0.15) is 0 Å². The van der Waals surface area contributed by atoms with Crippen LogP contribution in [0.1, 0.15) is 86.9 Å². The van der Waals surface area contributed by atoms with Crippen LogP contribution in [-0.4, -0.2) is 88.8 Å². The number of piperazine rings is 1. The molecule has 1 fully saturated rings. The molecule has 0 saturated carbocycles. The molecule has 0 N–H and O–H groups in total. The van der Waals surface area contributed by atoms with E-state index in [0.717, 1.165) is 45.7 Å². The Balaban J connectivity index is -0.000000395. The first-order valence-corrected chi connectivity index (χ1v) is 13.1. The van der Waals surface area contributed by atoms with Gasteiger partial charge < -0.3 is 23.9 Å². The lowest BCUT2D eigenvalue weighted by atomic mass is 10.1. The Morgan fingerprint density at radius 3 is 1.47 bits per heavy atom. The van der Waals surface area contributed by atoms with Gasteiger partial charge in [-0.1, -0.05) is 46.3 Å². The summed E-state index contributed by atoms with van der Waals surface area (Å²) < 4.78 is 4.86. The minimum atomic E-state index is 0.184. The second-order valence-electron chi connectivity index (χ2n) is 7.97. The van der Waals surface area contributed by atoms with Crippen molar-refractivity contribution in [2.24, 2.45) is 0 Å². The SMILES string of the molecule is CC.CC.CC(=O)N1CC=C(C)CC1.CC(=O)N1CCN(C)CC1.CCC(C)=O.Cc1nnc(C)o1. The van der Waals surface area contributed by atoms with Gasteiger partial charge in [-0.05, 0) is 27.3 Å². The van der Waals surface area contributed by atoms with E-state index in [0.29, 0.717) is 18.2 Å². The van der Waals surface area contributed by atoms with E-state index < -0.39 is 0 Å². The zero-order valence-electron chi connectivity index (χ0n) is 25.1. The van der Waals surface area contributed by atoms with E-state index in [1.165, 1.54) is 5.57 Å². The molecule has 0 bridgehead atoms. The fourth-order valence-corrected chi connectivity index (χ4v) is 2.57. The lowest BCUT2D eigenvalue weighted by Gasteiger charge is -2.31. The third-order valence-corrected chi connectivity index (χ3v) is 4.96. The summed E-state index contributed by atoms with van der Waals surface area (Å²) in [6, 6.07) is 0. The Morgan fingerprint density at radius 2 is 1.22 bits per heavy atom. The number of aromatic nitrogens is 2. The van der Waals surface area contributed by atoms with Gasteiger partial charge in [0.05, 0.1) is 0 Å². The second kappa shape index (κ2) is 24.2. The van der Waals surface area contributed by atoms with E-state index in [-0.39, 0.29) is 17.6 Å². The summed E-state index contributed by atoms with van der Waals surface area (Å²) in [5, 5.41) is 7.20. The van der Waals surface area contributed by atoms with Crippen molar-refractivity contribution in [3.63, 3.8) is 0 Å². The fraction of sp³-hybridized carbons (Fsp3) is 0.741. The van der Waals surface area contributed by atoms with Gasteiger partial charge in [-0.25, -0.2) is 0 Å². The number of hydrogen-bond donors (Lipinski definition) is 0. The molecule has 2 aliphatic heterocycles. The molecule has 2 aliphatic rings. The van der Waals surface area contributed by atoms with Gasteiger partial charge in [0.2, 0.25) is 23.6 Å². The first-order valence-electron chi connectivity index (χ1n) is 13.1. The molecule has 0 atom stereocenters. The van der Waals surface area contributed by atoms with Crippen LogP contribution in [0.15, 0.2) is 16.1 Å². The van der Waals surface area contributed by atoms with E-state index in [9.17, 15) is 14.4 Å². The van der Waals surface area contributed by atoms with Crippen molar-refractivity contribution in [1.29, 1.82) is 0 Å². The monoisotopic (exact) mass is 511 g/mol. The molecule has 9 nitrogen and oxygen atoms in total. The molecule has 2 amide bonds. The number of likely N-dealkylation sites (N-methyl/N-ethyl adjacent to an activating group) is 1. The number of amides is 2. The summed E-state index contributed by atoms with van der Waals surface area (Å²) in [4.78, 5) is 37.4. The van der Waals surface area contributed by atoms with Crippen molar-refractivity contribution in [3.8, 4) is 0 Å². The maximum Gasteiger partial charge on any atom is 0.219 e. The molecule has 1 aromatic heterocycles. The number of hydrogen-bond acceptors (Lipinski definition) is 7. The van der Waals surface area contributed by atoms with Crippen molar-refractivity contribution in [2.75, 3.05) is 46.3 Å². The highest BCUT2D eigenvalue weighted by atomic mass is 16.4. The van der Waals surface area contributed by atoms with Crippen molar-refractivity contribution >= 4 is 17.6 Å². The Kier molecular flexibility index (Phi) is 25.5. The molecule has 3 heterocycles. The minimum Gasteiger partial charge on any atom is -0.426 e. The third-order valence-electron chi connectivity index (χ3n) is 4.96. The molecule has 9 heteroatoms. The van der Waals surface area contributed by atoms with Crippen molar-refractivity contribution in [1.82, 2.24) is 24.9 Å². The largest absolute Gasteiger partial charge is 0.426 e. The molecule has 0 spiro atoms. The van der Waals surface area contributed by atoms with Crippen LogP contribution < -0.4 is 0 Å². The van der Waals surface area contributed by atoms with Gasteiger partial charge in [0, 0.05) is 73.4 Å². The molecule has 0 aliphatic carbocycles. The van der Waals surface area contributed by atoms with E-state index in [1.54, 1.807) is 34.6 Å². The van der Waals surface area contributed by atoms with Crippen LogP contribution in [0, 0.1) is 13.8 Å². The molecule has 0 aromatic carbocycles. The highest BCUT2D eigenvalue weighted by Crippen LogP contribution is 2.08. The van der Waals surface area contributed by atoms with Crippen LogP contribution in [0.2, 0.25) is 0 Å². The topological polar surface area (TPSA) is 99.9 Å². The molecule has 1 saturated heterocycles. The molecule has 0 radical (unpaired) electrons. The maximum absolute atomic E-state index is 10.8. The Morgan fingerprint density at radius 1 is 0.806 bits per heavy atom. The van der Waals surface area contributed by atoms with Crippen LogP contribution in [0.4, 0.5) is 0 Å². The fourth-order valence-electron chi connectivity index (χ4n) is 2.57. The quantitative estimate of drug-likeness (QED) is 0.504. The number of Topliss-reactive ketones (excluding diaryl/α,β-unsaturated/α-hetero) is 1. The third kappa shape index (κ3) is 21.9. The lowest BCUT2D eigenvalue weighted by molar-refractivity contribution is -0.130. The van der Waals surface area contributed by atoms with E-state index in [4.69, 9.17) is 4.42 Å². The number of carbonyl (C=O) groups is 3. The standard InChI is InChI=1S/C8H13NO.C7H14N2O.C4H6N2O.C4H8O.2C2H6/c1-7-3-5-9(6-4-7)8(2)10;1-7(10)9-5-3-8(2)4-6-9;1-3-5-6-4(2)7-3;1-3-4(2)5;2*1-2/h3H,4-6H2,1-2H3;3-6H2,1-2H3;1-2H3;3H2,1-2H3;2*1-2H3. The van der Waals surface area contributed by atoms with E-state index in [2.05, 4.69) is 35.1 Å². The Bertz CT molecular complexity index is 722. The molecule has 1 aromatic rings. The van der Waals surface area contributed by atoms with Crippen molar-refractivity contribution in [2.45, 2.75) is 89.0 Å². The molecule has 0 unspecified atom stereocenters. The van der Waals surface area contributed by atoms with Crippen LogP contribution in [0.3, 0.4) is 0 Å². The van der Waals surface area contributed by atoms with Crippen LogP contribution in [0.5, 0.6) is 0 Å². The van der Waals surface area contributed by atoms with E-state index >= 15 is 0 Å². The van der Waals surface area contributed by atoms with Gasteiger partial charge in [-0.15, -0.1) is 10.2 Å². The zero-order valence-corrected chi connectivity index (χ0v) is 25.1. The van der Waals surface area contributed by atoms with Gasteiger partial charge in [-0.3, -0.25) is 9.59 Å². The summed E-state index contributed by atoms with van der Waals surface area (Å²) in [5.41, 5.74) is 1.40. The van der Waals surface area contributed by atoms with Crippen molar-refractivity contribution in [3.05, 3.63) is 23.4 Å². The van der Waals surface area contributed by atoms with Crippen LogP contribution in [-0.2, 0) is 14.4 Å². The highest BCUT2D eigenvalue weighted by molar-refractivity contribution is 5.75. The van der Waals surface area contributed by atoms with E-state index in [1.807, 2.05) is 44.4 Å². The molecule has 3 rings (SSSR count). The zero-order chi connectivity index (χ0) is 28.7. The minimum absolute atomic E-state index is 0.184. The van der Waals surface area contributed by atoms with Gasteiger partial charge in [0.15, 0.2) is 0 Å². The summed E-state index contributed by atoms with van der Waals surface area (Å²) in [6.07, 6.45) is 3.82. The molecule has 210 valence electrons. The number of aryl methyl sites for hydroxylation is 2. The Hall–Kier alpha value is -2.55. The van der Waals surface area contributed by atoms with Crippen LogP contribution >= 0.6 is 0 Å². The normalized spacial score (nSPS) is 14.3. The summed E-state index contributed by atoms with van der Waals surface area (Å²) >= 11 is 0. The maximum atomic E-state index is 10.8.